The molecule has 130 valence electrons. The summed E-state index contributed by atoms with van der Waals surface area (Å²) in [7, 11) is 0. The Balaban J connectivity index is 4.75. The number of ether oxygens (including phenoxy) is 2. The topological polar surface area (TPSA) is 18.5 Å². The van der Waals surface area contributed by atoms with E-state index in [0.29, 0.717) is 0 Å². The van der Waals surface area contributed by atoms with Gasteiger partial charge in [0, 0.05) is 6.42 Å². The first kappa shape index (κ1) is 21.4. The van der Waals surface area contributed by atoms with Gasteiger partial charge < -0.3 is 9.47 Å². The number of unbranched alkanes of at least 4 members (excludes halogenated alkanes) is 4. The van der Waals surface area contributed by atoms with Crippen LogP contribution in [0.5, 0.6) is 0 Å². The summed E-state index contributed by atoms with van der Waals surface area (Å²) in [5.41, 5.74) is 0. The first-order chi connectivity index (χ1) is 10.7. The van der Waals surface area contributed by atoms with E-state index in [2.05, 4.69) is 52.0 Å². The van der Waals surface area contributed by atoms with Crippen molar-refractivity contribution in [2.75, 3.05) is 13.2 Å². The summed E-state index contributed by atoms with van der Waals surface area (Å²) in [4.78, 5) is 0. The highest BCUT2D eigenvalue weighted by Crippen LogP contribution is 2.23. The summed E-state index contributed by atoms with van der Waals surface area (Å²) in [5.74, 6) is -0.567. The zero-order chi connectivity index (χ0) is 16.5. The van der Waals surface area contributed by atoms with Crippen molar-refractivity contribution in [1.82, 2.24) is 0 Å². The summed E-state index contributed by atoms with van der Waals surface area (Å²) >= 11 is 0. The third kappa shape index (κ3) is 11.0. The van der Waals surface area contributed by atoms with Gasteiger partial charge in [-0.1, -0.05) is 71.6 Å². The third-order valence-electron chi connectivity index (χ3n) is 3.49. The summed E-state index contributed by atoms with van der Waals surface area (Å²) < 4.78 is 12.2. The molecule has 0 atom stereocenters. The quantitative estimate of drug-likeness (QED) is 0.197. The zero-order valence-electron chi connectivity index (χ0n) is 15.4. The van der Waals surface area contributed by atoms with Crippen molar-refractivity contribution in [2.24, 2.45) is 0 Å². The van der Waals surface area contributed by atoms with E-state index in [1.165, 1.54) is 25.7 Å². The average molecular weight is 311 g/mol. The van der Waals surface area contributed by atoms with Gasteiger partial charge in [-0.15, -0.1) is 0 Å². The highest BCUT2D eigenvalue weighted by Gasteiger charge is 2.27. The van der Waals surface area contributed by atoms with E-state index >= 15 is 0 Å². The normalized spacial score (nSPS) is 12.7. The molecule has 0 aromatic carbocycles. The molecule has 0 spiro atoms. The van der Waals surface area contributed by atoms with E-state index in [1.54, 1.807) is 0 Å². The van der Waals surface area contributed by atoms with Gasteiger partial charge in [-0.25, -0.2) is 0 Å². The van der Waals surface area contributed by atoms with Gasteiger partial charge in [0.1, 0.15) is 0 Å². The maximum atomic E-state index is 6.11. The van der Waals surface area contributed by atoms with Crippen LogP contribution in [0.15, 0.2) is 24.3 Å². The molecular formula is C20H38O2. The Morgan fingerprint density at radius 3 is 1.73 bits per heavy atom. The predicted molar refractivity (Wildman–Crippen MR) is 97.2 cm³/mol. The molecule has 0 unspecified atom stereocenters. The predicted octanol–water partition coefficient (Wildman–Crippen LogP) is 6.42. The van der Waals surface area contributed by atoms with Gasteiger partial charge in [-0.2, -0.15) is 0 Å². The highest BCUT2D eigenvalue weighted by atomic mass is 16.7. The fourth-order valence-electron chi connectivity index (χ4n) is 2.15. The van der Waals surface area contributed by atoms with Crippen LogP contribution in [0, 0.1) is 0 Å². The molecular weight excluding hydrogens is 272 g/mol. The largest absolute Gasteiger partial charge is 0.346 e. The minimum Gasteiger partial charge on any atom is -0.346 e. The number of allylic oxidation sites excluding steroid dienone is 2. The van der Waals surface area contributed by atoms with Gasteiger partial charge in [0.25, 0.3) is 0 Å². The Kier molecular flexibility index (Phi) is 14.9. The maximum absolute atomic E-state index is 6.11. The molecule has 0 fully saturated rings. The van der Waals surface area contributed by atoms with E-state index in [0.717, 1.165) is 45.3 Å². The molecule has 0 heterocycles. The fraction of sp³-hybridized carbons (Fsp3) is 0.800. The van der Waals surface area contributed by atoms with Crippen LogP contribution in [0.1, 0.15) is 85.5 Å². The molecule has 0 saturated heterocycles. The van der Waals surface area contributed by atoms with Gasteiger partial charge in [0.2, 0.25) is 0 Å². The Labute approximate surface area is 139 Å². The van der Waals surface area contributed by atoms with Crippen molar-refractivity contribution in [1.29, 1.82) is 0 Å². The zero-order valence-corrected chi connectivity index (χ0v) is 15.4. The minimum atomic E-state index is -0.567. The van der Waals surface area contributed by atoms with E-state index in [4.69, 9.17) is 9.47 Å². The van der Waals surface area contributed by atoms with Gasteiger partial charge in [-0.05, 0) is 31.8 Å². The fourth-order valence-corrected chi connectivity index (χ4v) is 2.15. The number of rotatable bonds is 15. The van der Waals surface area contributed by atoms with E-state index in [1.807, 2.05) is 0 Å². The van der Waals surface area contributed by atoms with Crippen LogP contribution in [0.25, 0.3) is 0 Å². The smallest absolute Gasteiger partial charge is 0.191 e. The van der Waals surface area contributed by atoms with Crippen LogP contribution < -0.4 is 0 Å². The molecule has 0 aliphatic rings. The lowest BCUT2D eigenvalue weighted by atomic mass is 10.1. The molecule has 0 aromatic rings. The van der Waals surface area contributed by atoms with Crippen molar-refractivity contribution >= 4 is 0 Å². The van der Waals surface area contributed by atoms with Crippen molar-refractivity contribution in [3.63, 3.8) is 0 Å². The molecule has 2 heteroatoms. The average Bonchev–Trinajstić information content (AvgIpc) is 2.54. The molecule has 0 amide bonds. The van der Waals surface area contributed by atoms with E-state index in [-0.39, 0.29) is 0 Å². The van der Waals surface area contributed by atoms with Crippen LogP contribution in [-0.2, 0) is 9.47 Å². The molecule has 0 saturated carbocycles. The van der Waals surface area contributed by atoms with Gasteiger partial charge >= 0.3 is 0 Å². The molecule has 2 nitrogen and oxygen atoms in total. The first-order valence-electron chi connectivity index (χ1n) is 9.35. The van der Waals surface area contributed by atoms with E-state index < -0.39 is 5.79 Å². The van der Waals surface area contributed by atoms with Crippen LogP contribution in [0.2, 0.25) is 0 Å². The standard InChI is InChI=1S/C20H38O2/c1-5-9-11-13-15-17-20(21-18-7-3,22-19-8-4)16-14-12-10-6-2/h13-16H,5-12,17-19H2,1-4H3. The second-order valence-electron chi connectivity index (χ2n) is 5.87. The molecule has 0 rings (SSSR count). The molecule has 0 radical (unpaired) electrons. The monoisotopic (exact) mass is 310 g/mol. The Bertz CT molecular complexity index is 273. The lowest BCUT2D eigenvalue weighted by molar-refractivity contribution is -0.202. The molecule has 22 heavy (non-hydrogen) atoms. The summed E-state index contributed by atoms with van der Waals surface area (Å²) in [6.07, 6.45) is 18.9. The SMILES string of the molecule is CCCCC=CCC(C=CCCCC)(OCCC)OCCC. The highest BCUT2D eigenvalue weighted by molar-refractivity contribution is 5.01. The van der Waals surface area contributed by atoms with Gasteiger partial charge in [0.15, 0.2) is 5.79 Å². The van der Waals surface area contributed by atoms with Gasteiger partial charge in [0.05, 0.1) is 13.2 Å². The second-order valence-corrected chi connectivity index (χ2v) is 5.87. The molecule has 0 bridgehead atoms. The van der Waals surface area contributed by atoms with Gasteiger partial charge in [-0.3, -0.25) is 0 Å². The summed E-state index contributed by atoms with van der Waals surface area (Å²) in [6.45, 7) is 10.2. The Morgan fingerprint density at radius 2 is 1.23 bits per heavy atom. The third-order valence-corrected chi connectivity index (χ3v) is 3.49. The van der Waals surface area contributed by atoms with Crippen LogP contribution in [0.3, 0.4) is 0 Å². The second kappa shape index (κ2) is 15.3. The minimum absolute atomic E-state index is 0.567. The molecule has 0 N–H and O–H groups in total. The van der Waals surface area contributed by atoms with E-state index in [9.17, 15) is 0 Å². The number of hydrogen-bond donors (Lipinski definition) is 0. The summed E-state index contributed by atoms with van der Waals surface area (Å²) in [5, 5.41) is 0. The van der Waals surface area contributed by atoms with Crippen molar-refractivity contribution in [2.45, 2.75) is 91.3 Å². The maximum Gasteiger partial charge on any atom is 0.191 e. The molecule has 0 aromatic heterocycles. The van der Waals surface area contributed by atoms with Crippen LogP contribution in [-0.4, -0.2) is 19.0 Å². The number of hydrogen-bond acceptors (Lipinski definition) is 2. The molecule has 0 aliphatic carbocycles. The van der Waals surface area contributed by atoms with Crippen molar-refractivity contribution in [3.8, 4) is 0 Å². The van der Waals surface area contributed by atoms with Crippen molar-refractivity contribution in [3.05, 3.63) is 24.3 Å². The summed E-state index contributed by atoms with van der Waals surface area (Å²) in [6, 6.07) is 0. The lowest BCUT2D eigenvalue weighted by Crippen LogP contribution is -2.34. The van der Waals surface area contributed by atoms with Crippen LogP contribution in [0.4, 0.5) is 0 Å². The first-order valence-corrected chi connectivity index (χ1v) is 9.35. The Morgan fingerprint density at radius 1 is 0.682 bits per heavy atom. The van der Waals surface area contributed by atoms with Crippen molar-refractivity contribution < 1.29 is 9.47 Å². The lowest BCUT2D eigenvalue weighted by Gasteiger charge is -2.30. The van der Waals surface area contributed by atoms with Crippen LogP contribution >= 0.6 is 0 Å². The molecule has 0 aliphatic heterocycles. The Hall–Kier alpha value is -0.600.